The van der Waals surface area contributed by atoms with E-state index in [2.05, 4.69) is 22.3 Å². The minimum atomic E-state index is -0.0538. The zero-order valence-corrected chi connectivity index (χ0v) is 20.0. The highest BCUT2D eigenvalue weighted by atomic mass is 32.2. The molecule has 0 unspecified atom stereocenters. The molecule has 0 bridgehead atoms. The van der Waals surface area contributed by atoms with Crippen LogP contribution in [0.1, 0.15) is 27.8 Å². The van der Waals surface area contributed by atoms with Gasteiger partial charge in [0.2, 0.25) is 5.16 Å². The van der Waals surface area contributed by atoms with Crippen molar-refractivity contribution >= 4 is 17.5 Å². The molecule has 0 saturated heterocycles. The van der Waals surface area contributed by atoms with Gasteiger partial charge in [-0.15, -0.1) is 10.2 Å². The summed E-state index contributed by atoms with van der Waals surface area (Å²) in [6, 6.07) is 24.0. The average Bonchev–Trinajstić information content (AvgIpc) is 3.29. The maximum atomic E-state index is 5.95. The first-order valence-corrected chi connectivity index (χ1v) is 11.7. The summed E-state index contributed by atoms with van der Waals surface area (Å²) in [4.78, 5) is 0. The first kappa shape index (κ1) is 22.0. The number of fused-ring (bicyclic) bond motifs is 1. The summed E-state index contributed by atoms with van der Waals surface area (Å²) < 4.78 is 18.7. The molecular formula is C26H24N4O3S. The smallest absolute Gasteiger partial charge is 0.213 e. The van der Waals surface area contributed by atoms with E-state index in [0.29, 0.717) is 17.3 Å². The molecule has 1 atom stereocenters. The Hall–Kier alpha value is -3.78. The molecule has 7 nitrogen and oxygen atoms in total. The third-order valence-corrected chi connectivity index (χ3v) is 6.72. The quantitative estimate of drug-likeness (QED) is 0.364. The van der Waals surface area contributed by atoms with Crippen LogP contribution < -0.4 is 14.2 Å². The molecule has 0 fully saturated rings. The zero-order chi connectivity index (χ0) is 23.5. The summed E-state index contributed by atoms with van der Waals surface area (Å²) >= 11 is 1.61. The largest absolute Gasteiger partial charge is 0.493 e. The highest BCUT2D eigenvalue weighted by Gasteiger charge is 2.30. The highest BCUT2D eigenvalue weighted by Crippen LogP contribution is 2.42. The van der Waals surface area contributed by atoms with Crippen LogP contribution in [0.5, 0.6) is 17.2 Å². The van der Waals surface area contributed by atoms with Crippen LogP contribution in [0.4, 0.5) is 0 Å². The SMILES string of the molecule is COc1ccc(C2=Nn3c(COc4ccc(C)cc4)nnc3S[C@H]2c2ccccc2)cc1OC. The molecular weight excluding hydrogens is 448 g/mol. The van der Waals surface area contributed by atoms with Crippen LogP contribution >= 0.6 is 11.8 Å². The summed E-state index contributed by atoms with van der Waals surface area (Å²) in [6.45, 7) is 2.30. The van der Waals surface area contributed by atoms with Gasteiger partial charge in [0.25, 0.3) is 0 Å². The van der Waals surface area contributed by atoms with E-state index in [1.54, 1.807) is 30.7 Å². The van der Waals surface area contributed by atoms with Gasteiger partial charge in [0.1, 0.15) is 12.4 Å². The molecule has 1 aliphatic heterocycles. The van der Waals surface area contributed by atoms with Crippen LogP contribution in [0.3, 0.4) is 0 Å². The van der Waals surface area contributed by atoms with Gasteiger partial charge in [0.05, 0.1) is 25.2 Å². The van der Waals surface area contributed by atoms with Crippen molar-refractivity contribution in [1.82, 2.24) is 14.9 Å². The molecule has 34 heavy (non-hydrogen) atoms. The minimum Gasteiger partial charge on any atom is -0.493 e. The van der Waals surface area contributed by atoms with E-state index in [9.17, 15) is 0 Å². The molecule has 172 valence electrons. The number of aromatic nitrogens is 3. The molecule has 4 aromatic rings. The van der Waals surface area contributed by atoms with Crippen LogP contribution in [0, 0.1) is 6.92 Å². The second kappa shape index (κ2) is 9.61. The van der Waals surface area contributed by atoms with E-state index in [1.165, 1.54) is 5.56 Å². The first-order chi connectivity index (χ1) is 16.7. The third-order valence-electron chi connectivity index (χ3n) is 5.53. The van der Waals surface area contributed by atoms with Crippen LogP contribution in [0.2, 0.25) is 0 Å². The van der Waals surface area contributed by atoms with Crippen LogP contribution in [-0.4, -0.2) is 34.8 Å². The topological polar surface area (TPSA) is 70.8 Å². The number of hydrogen-bond acceptors (Lipinski definition) is 7. The minimum absolute atomic E-state index is 0.0538. The lowest BCUT2D eigenvalue weighted by Gasteiger charge is -2.24. The number of benzene rings is 3. The second-order valence-corrected chi connectivity index (χ2v) is 8.85. The number of thioether (sulfide) groups is 1. The van der Waals surface area contributed by atoms with E-state index in [1.807, 2.05) is 67.6 Å². The highest BCUT2D eigenvalue weighted by molar-refractivity contribution is 8.00. The van der Waals surface area contributed by atoms with E-state index in [-0.39, 0.29) is 11.9 Å². The van der Waals surface area contributed by atoms with E-state index in [0.717, 1.165) is 27.7 Å². The van der Waals surface area contributed by atoms with Crippen LogP contribution in [-0.2, 0) is 6.61 Å². The molecule has 0 aliphatic carbocycles. The normalized spacial score (nSPS) is 14.8. The monoisotopic (exact) mass is 472 g/mol. The molecule has 8 heteroatoms. The summed E-state index contributed by atoms with van der Waals surface area (Å²) in [5.41, 5.74) is 4.12. The Labute approximate surface area is 202 Å². The molecule has 0 amide bonds. The Morgan fingerprint density at radius 2 is 1.65 bits per heavy atom. The van der Waals surface area contributed by atoms with E-state index >= 15 is 0 Å². The van der Waals surface area contributed by atoms with Gasteiger partial charge in [-0.25, -0.2) is 0 Å². The summed E-state index contributed by atoms with van der Waals surface area (Å²) in [5.74, 6) is 2.73. The zero-order valence-electron chi connectivity index (χ0n) is 19.1. The van der Waals surface area contributed by atoms with Crippen molar-refractivity contribution in [3.05, 3.63) is 95.3 Å². The first-order valence-electron chi connectivity index (χ1n) is 10.8. The summed E-state index contributed by atoms with van der Waals surface area (Å²) in [5, 5.41) is 14.4. The molecule has 0 N–H and O–H groups in total. The number of ether oxygens (including phenoxy) is 3. The molecule has 3 aromatic carbocycles. The van der Waals surface area contributed by atoms with Gasteiger partial charge < -0.3 is 14.2 Å². The average molecular weight is 473 g/mol. The number of nitrogens with zero attached hydrogens (tertiary/aromatic N) is 4. The van der Waals surface area contributed by atoms with Crippen molar-refractivity contribution in [2.45, 2.75) is 23.9 Å². The Kier molecular flexibility index (Phi) is 6.22. The van der Waals surface area contributed by atoms with Crippen LogP contribution in [0.15, 0.2) is 83.1 Å². The van der Waals surface area contributed by atoms with Crippen molar-refractivity contribution in [1.29, 1.82) is 0 Å². The molecule has 2 heterocycles. The molecule has 5 rings (SSSR count). The maximum absolute atomic E-state index is 5.95. The third kappa shape index (κ3) is 4.36. The van der Waals surface area contributed by atoms with Gasteiger partial charge >= 0.3 is 0 Å². The Balaban J connectivity index is 1.53. The van der Waals surface area contributed by atoms with Crippen molar-refractivity contribution in [3.8, 4) is 17.2 Å². The molecule has 1 aliphatic rings. The van der Waals surface area contributed by atoms with Crippen molar-refractivity contribution in [2.24, 2.45) is 5.10 Å². The number of aryl methyl sites for hydroxylation is 1. The van der Waals surface area contributed by atoms with E-state index in [4.69, 9.17) is 19.3 Å². The number of methoxy groups -OCH3 is 2. The maximum Gasteiger partial charge on any atom is 0.213 e. The van der Waals surface area contributed by atoms with E-state index < -0.39 is 0 Å². The van der Waals surface area contributed by atoms with Crippen molar-refractivity contribution in [3.63, 3.8) is 0 Å². The summed E-state index contributed by atoms with van der Waals surface area (Å²) in [7, 11) is 3.26. The van der Waals surface area contributed by atoms with Gasteiger partial charge in [0.15, 0.2) is 17.3 Å². The summed E-state index contributed by atoms with van der Waals surface area (Å²) in [6.07, 6.45) is 0. The lowest BCUT2D eigenvalue weighted by molar-refractivity contribution is 0.289. The standard InChI is InChI=1S/C26H24N4O3S/c1-17-9-12-20(13-10-17)33-16-23-27-28-26-30(23)29-24(25(34-26)18-7-5-4-6-8-18)19-11-14-21(31-2)22(15-19)32-3/h4-15,25H,16H2,1-3H3/t25-/m0/s1. The molecule has 0 radical (unpaired) electrons. The molecule has 0 saturated carbocycles. The van der Waals surface area contributed by atoms with Gasteiger partial charge in [-0.05, 0) is 42.8 Å². The fourth-order valence-electron chi connectivity index (χ4n) is 3.72. The number of hydrogen-bond donors (Lipinski definition) is 0. The Morgan fingerprint density at radius 3 is 2.38 bits per heavy atom. The van der Waals surface area contributed by atoms with Gasteiger partial charge in [-0.3, -0.25) is 0 Å². The fraction of sp³-hybridized carbons (Fsp3) is 0.192. The van der Waals surface area contributed by atoms with Crippen LogP contribution in [0.25, 0.3) is 0 Å². The lowest BCUT2D eigenvalue weighted by atomic mass is 10.0. The van der Waals surface area contributed by atoms with Gasteiger partial charge in [-0.2, -0.15) is 9.78 Å². The molecule has 0 spiro atoms. The van der Waals surface area contributed by atoms with Crippen molar-refractivity contribution in [2.75, 3.05) is 14.2 Å². The van der Waals surface area contributed by atoms with Crippen molar-refractivity contribution < 1.29 is 14.2 Å². The predicted octanol–water partition coefficient (Wildman–Crippen LogP) is 5.28. The lowest BCUT2D eigenvalue weighted by Crippen LogP contribution is -2.19. The Bertz CT molecular complexity index is 1320. The molecule has 1 aromatic heterocycles. The Morgan fingerprint density at radius 1 is 0.882 bits per heavy atom. The fourth-order valence-corrected chi connectivity index (χ4v) is 4.85. The number of rotatable bonds is 7. The van der Waals surface area contributed by atoms with Gasteiger partial charge in [0, 0.05) is 5.56 Å². The second-order valence-electron chi connectivity index (χ2n) is 7.78. The predicted molar refractivity (Wildman–Crippen MR) is 132 cm³/mol. The van der Waals surface area contributed by atoms with Gasteiger partial charge in [-0.1, -0.05) is 59.8 Å².